The second kappa shape index (κ2) is 6.30. The zero-order valence-electron chi connectivity index (χ0n) is 12.4. The lowest BCUT2D eigenvalue weighted by molar-refractivity contribution is -0.187. The van der Waals surface area contributed by atoms with Crippen LogP contribution in [0.3, 0.4) is 0 Å². The molecule has 0 atom stereocenters. The summed E-state index contributed by atoms with van der Waals surface area (Å²) in [5, 5.41) is 0. The number of carbonyl (C=O) groups excluding carboxylic acids is 2. The summed E-state index contributed by atoms with van der Waals surface area (Å²) in [6, 6.07) is 8.97. The van der Waals surface area contributed by atoms with E-state index in [1.54, 1.807) is 24.3 Å². The number of methoxy groups -OCH3 is 3. The number of rotatable bonds is 4. The summed E-state index contributed by atoms with van der Waals surface area (Å²) in [6.07, 6.45) is 1.47. The fourth-order valence-electron chi connectivity index (χ4n) is 1.90. The normalized spacial score (nSPS) is 15.8. The molecular formula is C15H15NO6. The molecular weight excluding hydrogens is 290 g/mol. The fourth-order valence-corrected chi connectivity index (χ4v) is 1.90. The van der Waals surface area contributed by atoms with Crippen LogP contribution in [0.15, 0.2) is 47.3 Å². The molecule has 0 bridgehead atoms. The van der Waals surface area contributed by atoms with E-state index < -0.39 is 17.7 Å². The van der Waals surface area contributed by atoms with Crippen LogP contribution in [-0.2, 0) is 28.5 Å². The molecule has 1 aliphatic rings. The van der Waals surface area contributed by atoms with Crippen molar-refractivity contribution in [1.29, 1.82) is 0 Å². The first-order valence-corrected chi connectivity index (χ1v) is 6.34. The van der Waals surface area contributed by atoms with E-state index in [4.69, 9.17) is 9.47 Å². The van der Waals surface area contributed by atoms with E-state index in [-0.39, 0.29) is 5.95 Å². The van der Waals surface area contributed by atoms with E-state index in [1.165, 1.54) is 13.2 Å². The van der Waals surface area contributed by atoms with Gasteiger partial charge in [-0.3, -0.25) is 0 Å². The summed E-state index contributed by atoms with van der Waals surface area (Å²) in [5.74, 6) is -2.06. The maximum absolute atomic E-state index is 12.1. The van der Waals surface area contributed by atoms with Crippen molar-refractivity contribution in [3.63, 3.8) is 0 Å². The van der Waals surface area contributed by atoms with Crippen molar-refractivity contribution in [3.8, 4) is 0 Å². The van der Waals surface area contributed by atoms with Gasteiger partial charge < -0.3 is 18.9 Å². The van der Waals surface area contributed by atoms with Crippen LogP contribution in [0.2, 0.25) is 0 Å². The molecule has 0 spiro atoms. The molecule has 0 aromatic heterocycles. The van der Waals surface area contributed by atoms with Crippen molar-refractivity contribution in [3.05, 3.63) is 47.9 Å². The summed E-state index contributed by atoms with van der Waals surface area (Å²) >= 11 is 0. The second-order valence-corrected chi connectivity index (χ2v) is 4.26. The van der Waals surface area contributed by atoms with E-state index in [0.717, 1.165) is 14.2 Å². The van der Waals surface area contributed by atoms with Crippen LogP contribution in [0.5, 0.6) is 0 Å². The van der Waals surface area contributed by atoms with Crippen molar-refractivity contribution in [1.82, 2.24) is 0 Å². The van der Waals surface area contributed by atoms with E-state index in [1.807, 2.05) is 6.07 Å². The molecule has 7 heteroatoms. The summed E-state index contributed by atoms with van der Waals surface area (Å²) < 4.78 is 19.6. The lowest BCUT2D eigenvalue weighted by Gasteiger charge is -2.29. The molecule has 0 amide bonds. The van der Waals surface area contributed by atoms with Crippen molar-refractivity contribution in [2.45, 2.75) is 5.72 Å². The van der Waals surface area contributed by atoms with Crippen molar-refractivity contribution in [2.75, 3.05) is 21.3 Å². The van der Waals surface area contributed by atoms with E-state index in [9.17, 15) is 9.59 Å². The SMILES string of the molecule is COC(=O)C1(C(=O)OC)N=C(c2ccccc2)C=C(OC)O1. The van der Waals surface area contributed by atoms with Gasteiger partial charge in [-0.05, 0) is 0 Å². The van der Waals surface area contributed by atoms with E-state index in [0.29, 0.717) is 11.3 Å². The molecule has 1 aromatic carbocycles. The molecule has 22 heavy (non-hydrogen) atoms. The van der Waals surface area contributed by atoms with Gasteiger partial charge in [-0.1, -0.05) is 30.3 Å². The number of aliphatic imine (C=N–C) groups is 1. The smallest absolute Gasteiger partial charge is 0.401 e. The monoisotopic (exact) mass is 305 g/mol. The minimum atomic E-state index is -2.28. The third-order valence-corrected chi connectivity index (χ3v) is 2.98. The zero-order valence-corrected chi connectivity index (χ0v) is 12.4. The minimum absolute atomic E-state index is 0.0512. The van der Waals surface area contributed by atoms with E-state index >= 15 is 0 Å². The average Bonchev–Trinajstić information content (AvgIpc) is 2.60. The predicted octanol–water partition coefficient (Wildman–Crippen LogP) is 1.04. The van der Waals surface area contributed by atoms with Crippen LogP contribution in [0.25, 0.3) is 0 Å². The van der Waals surface area contributed by atoms with Gasteiger partial charge >= 0.3 is 17.7 Å². The lowest BCUT2D eigenvalue weighted by Crippen LogP contribution is -2.51. The number of ether oxygens (including phenoxy) is 4. The number of benzene rings is 1. The molecule has 1 aliphatic heterocycles. The molecule has 1 aromatic rings. The number of esters is 2. The largest absolute Gasteiger partial charge is 0.469 e. The Morgan fingerprint density at radius 2 is 1.64 bits per heavy atom. The average molecular weight is 305 g/mol. The van der Waals surface area contributed by atoms with Gasteiger partial charge in [-0.15, -0.1) is 0 Å². The molecule has 0 fully saturated rings. The van der Waals surface area contributed by atoms with Gasteiger partial charge in [-0.25, -0.2) is 14.6 Å². The van der Waals surface area contributed by atoms with E-state index in [2.05, 4.69) is 14.5 Å². The van der Waals surface area contributed by atoms with Gasteiger partial charge in [0.2, 0.25) is 0 Å². The Labute approximate surface area is 127 Å². The van der Waals surface area contributed by atoms with Gasteiger partial charge in [0.05, 0.1) is 27.0 Å². The molecule has 0 unspecified atom stereocenters. The maximum Gasteiger partial charge on any atom is 0.401 e. The third kappa shape index (κ3) is 2.65. The Kier molecular flexibility index (Phi) is 4.45. The van der Waals surface area contributed by atoms with Crippen LogP contribution < -0.4 is 0 Å². The lowest BCUT2D eigenvalue weighted by atomic mass is 10.1. The molecule has 0 aliphatic carbocycles. The van der Waals surface area contributed by atoms with Crippen molar-refractivity contribution in [2.24, 2.45) is 4.99 Å². The Morgan fingerprint density at radius 3 is 2.14 bits per heavy atom. The minimum Gasteiger partial charge on any atom is -0.469 e. The Balaban J connectivity index is 2.60. The maximum atomic E-state index is 12.1. The standard InChI is InChI=1S/C15H15NO6/c1-19-12-9-11(10-7-5-4-6-8-10)16-15(22-12,13(17)20-2)14(18)21-3/h4-9H,1-3H3. The number of carbonyl (C=O) groups is 2. The Morgan fingerprint density at radius 1 is 1.05 bits per heavy atom. The number of allylic oxidation sites excluding steroid dienone is 1. The second-order valence-electron chi connectivity index (χ2n) is 4.26. The van der Waals surface area contributed by atoms with Gasteiger partial charge in [0.15, 0.2) is 0 Å². The van der Waals surface area contributed by atoms with Crippen LogP contribution in [0.1, 0.15) is 5.56 Å². The van der Waals surface area contributed by atoms with Crippen molar-refractivity contribution < 1.29 is 28.5 Å². The number of nitrogens with zero attached hydrogens (tertiary/aromatic N) is 1. The molecule has 1 heterocycles. The first kappa shape index (κ1) is 15.6. The van der Waals surface area contributed by atoms with Gasteiger partial charge in [0.25, 0.3) is 5.95 Å². The highest BCUT2D eigenvalue weighted by molar-refractivity contribution is 6.14. The topological polar surface area (TPSA) is 83.4 Å². The highest BCUT2D eigenvalue weighted by Gasteiger charge is 2.54. The molecule has 116 valence electrons. The predicted molar refractivity (Wildman–Crippen MR) is 75.9 cm³/mol. The zero-order chi connectivity index (χ0) is 16.2. The summed E-state index contributed by atoms with van der Waals surface area (Å²) in [5.41, 5.74) is -1.27. The summed E-state index contributed by atoms with van der Waals surface area (Å²) in [4.78, 5) is 28.3. The summed E-state index contributed by atoms with van der Waals surface area (Å²) in [6.45, 7) is 0. The van der Waals surface area contributed by atoms with Crippen LogP contribution in [0, 0.1) is 0 Å². The summed E-state index contributed by atoms with van der Waals surface area (Å²) in [7, 11) is 3.59. The highest BCUT2D eigenvalue weighted by Crippen LogP contribution is 2.28. The van der Waals surface area contributed by atoms with Gasteiger partial charge in [0, 0.05) is 11.6 Å². The van der Waals surface area contributed by atoms with Crippen LogP contribution in [-0.4, -0.2) is 44.7 Å². The molecule has 0 radical (unpaired) electrons. The quantitative estimate of drug-likeness (QED) is 0.610. The number of hydrogen-bond acceptors (Lipinski definition) is 7. The van der Waals surface area contributed by atoms with Crippen molar-refractivity contribution >= 4 is 17.7 Å². The Hall–Kier alpha value is -2.83. The third-order valence-electron chi connectivity index (χ3n) is 2.98. The Bertz CT molecular complexity index is 619. The fraction of sp³-hybridized carbons (Fsp3) is 0.267. The first-order chi connectivity index (χ1) is 10.6. The van der Waals surface area contributed by atoms with Crippen LogP contribution >= 0.6 is 0 Å². The van der Waals surface area contributed by atoms with Gasteiger partial charge in [0.1, 0.15) is 0 Å². The van der Waals surface area contributed by atoms with Gasteiger partial charge in [-0.2, -0.15) is 0 Å². The molecule has 7 nitrogen and oxygen atoms in total. The number of hydrogen-bond donors (Lipinski definition) is 0. The molecule has 0 saturated carbocycles. The first-order valence-electron chi connectivity index (χ1n) is 6.34. The molecule has 0 N–H and O–H groups in total. The highest BCUT2D eigenvalue weighted by atomic mass is 16.7. The molecule has 0 saturated heterocycles. The molecule has 2 rings (SSSR count). The van der Waals surface area contributed by atoms with Crippen LogP contribution in [0.4, 0.5) is 0 Å².